The molecule has 3 aliphatic rings. The zero-order chi connectivity index (χ0) is 34.6. The molecule has 12 heteroatoms. The summed E-state index contributed by atoms with van der Waals surface area (Å²) in [5, 5.41) is -2.21. The van der Waals surface area contributed by atoms with Crippen LogP contribution in [0.3, 0.4) is 0 Å². The maximum Gasteiger partial charge on any atom is 0.195 e. The van der Waals surface area contributed by atoms with Crippen molar-refractivity contribution < 1.29 is 36.0 Å². The fourth-order valence-corrected chi connectivity index (χ4v) is 10.8. The summed E-state index contributed by atoms with van der Waals surface area (Å²) in [7, 11) is -7.61. The first-order chi connectivity index (χ1) is 22.9. The van der Waals surface area contributed by atoms with Crippen LogP contribution in [0, 0.1) is 0 Å². The van der Waals surface area contributed by atoms with Gasteiger partial charge in [0.15, 0.2) is 37.0 Å². The molecule has 0 saturated carbocycles. The van der Waals surface area contributed by atoms with Crippen LogP contribution < -0.4 is 4.74 Å². The van der Waals surface area contributed by atoms with Crippen LogP contribution in [0.15, 0.2) is 47.4 Å². The van der Waals surface area contributed by atoms with Crippen LogP contribution in [-0.4, -0.2) is 81.6 Å². The minimum absolute atomic E-state index is 0.00591. The molecular weight excluding hydrogens is 671 g/mol. The first-order valence-corrected chi connectivity index (χ1v) is 20.8. The van der Waals surface area contributed by atoms with E-state index in [4.69, 9.17) is 4.74 Å². The molecule has 48 heavy (non-hydrogen) atoms. The number of carbonyl (C=O) groups excluding carboxylic acids is 3. The fourth-order valence-electron chi connectivity index (χ4n) is 6.17. The van der Waals surface area contributed by atoms with Gasteiger partial charge in [-0.2, -0.15) is 0 Å². The smallest absolute Gasteiger partial charge is 0.195 e. The monoisotopic (exact) mass is 713 g/mol. The highest BCUT2D eigenvalue weighted by Gasteiger charge is 2.41. The molecule has 1 fully saturated rings. The van der Waals surface area contributed by atoms with E-state index in [-0.39, 0.29) is 42.7 Å². The van der Waals surface area contributed by atoms with Crippen LogP contribution in [-0.2, 0) is 24.5 Å². The molecule has 2 heterocycles. The standard InChI is InChI=1S/C36H43NO8S3/c1-4-6-21-47(41,42)27-22-29(38)32-30(23-27)46-36(28-11-10-12-31(35(28)40)48(43,44)24(3)5-2)33(32)34(39)25-13-15-26(16-14-25)45-20-19-37-17-8-7-9-18-37/h10-16,23-24,31H,4-9,17-22H2,1-3H3. The second kappa shape index (κ2) is 15.1. The number of hydrogen-bond donors (Lipinski definition) is 0. The second-order valence-corrected chi connectivity index (χ2v) is 18.3. The van der Waals surface area contributed by atoms with Gasteiger partial charge in [-0.15, -0.1) is 11.3 Å². The predicted octanol–water partition coefficient (Wildman–Crippen LogP) is 6.09. The maximum atomic E-state index is 14.3. The lowest BCUT2D eigenvalue weighted by Gasteiger charge is -2.26. The summed E-state index contributed by atoms with van der Waals surface area (Å²) in [6.07, 6.45) is 10.4. The normalized spacial score (nSPS) is 19.4. The molecule has 0 amide bonds. The number of Topliss-reactive ketones (excluding diaryl/α,β-unsaturated/α-hetero) is 2. The topological polar surface area (TPSA) is 132 Å². The number of ether oxygens (including phenoxy) is 1. The van der Waals surface area contributed by atoms with E-state index >= 15 is 0 Å². The summed E-state index contributed by atoms with van der Waals surface area (Å²) < 4.78 is 58.8. The van der Waals surface area contributed by atoms with Crippen LogP contribution in [0.25, 0.3) is 11.6 Å². The summed E-state index contributed by atoms with van der Waals surface area (Å²) in [5.41, 5.74) is 0.295. The Morgan fingerprint density at radius 1 is 1.04 bits per heavy atom. The number of likely N-dealkylation sites (tertiary alicyclic amines) is 1. The first-order valence-electron chi connectivity index (χ1n) is 16.7. The molecule has 1 saturated heterocycles. The van der Waals surface area contributed by atoms with E-state index in [0.29, 0.717) is 31.6 Å². The Bertz CT molecular complexity index is 1880. The highest BCUT2D eigenvalue weighted by molar-refractivity contribution is 7.95. The van der Waals surface area contributed by atoms with Crippen molar-refractivity contribution in [3.8, 4) is 5.75 Å². The number of benzene rings is 1. The Balaban J connectivity index is 1.52. The van der Waals surface area contributed by atoms with E-state index in [9.17, 15) is 31.2 Å². The summed E-state index contributed by atoms with van der Waals surface area (Å²) in [6, 6.07) is 6.57. The third kappa shape index (κ3) is 7.51. The molecule has 258 valence electrons. The predicted molar refractivity (Wildman–Crippen MR) is 190 cm³/mol. The van der Waals surface area contributed by atoms with Crippen molar-refractivity contribution >= 4 is 60.0 Å². The van der Waals surface area contributed by atoms with Crippen LogP contribution >= 0.6 is 11.3 Å². The number of carbonyl (C=O) groups is 3. The summed E-state index contributed by atoms with van der Waals surface area (Å²) in [5.74, 6) is -1.25. The van der Waals surface area contributed by atoms with Crippen molar-refractivity contribution in [3.05, 3.63) is 73.8 Å². The van der Waals surface area contributed by atoms with Gasteiger partial charge < -0.3 is 4.74 Å². The van der Waals surface area contributed by atoms with Crippen molar-refractivity contribution in [2.75, 3.05) is 32.0 Å². The molecule has 1 aromatic heterocycles. The molecule has 2 aliphatic carbocycles. The lowest BCUT2D eigenvalue weighted by molar-refractivity contribution is -0.112. The van der Waals surface area contributed by atoms with E-state index < -0.39 is 53.9 Å². The van der Waals surface area contributed by atoms with Crippen LogP contribution in [0.2, 0.25) is 0 Å². The molecule has 2 unspecified atom stereocenters. The number of rotatable bonds is 14. The third-order valence-corrected chi connectivity index (χ3v) is 14.9. The molecule has 2 aromatic rings. The average molecular weight is 714 g/mol. The van der Waals surface area contributed by atoms with Crippen molar-refractivity contribution in [1.29, 1.82) is 0 Å². The molecule has 0 bridgehead atoms. The largest absolute Gasteiger partial charge is 0.492 e. The van der Waals surface area contributed by atoms with Crippen LogP contribution in [0.1, 0.15) is 102 Å². The quantitative estimate of drug-likeness (QED) is 0.214. The number of sulfone groups is 2. The SMILES string of the molecule is CCCCS(=O)(=O)C1=Cc2sc(C3=CC=CC(S(=O)(=O)C(C)CC)C3=O)c(C(=O)c3ccc(OCCN4CCCCC4)cc3)c2C(=O)C1. The van der Waals surface area contributed by atoms with Gasteiger partial charge >= 0.3 is 0 Å². The molecule has 1 aliphatic heterocycles. The molecule has 0 spiro atoms. The number of nitrogens with zero attached hydrogens (tertiary/aromatic N) is 1. The Morgan fingerprint density at radius 3 is 2.42 bits per heavy atom. The molecular formula is C36H43NO8S3. The van der Waals surface area contributed by atoms with Gasteiger partial charge in [0.25, 0.3) is 0 Å². The van der Waals surface area contributed by atoms with Gasteiger partial charge in [-0.1, -0.05) is 44.9 Å². The molecule has 0 radical (unpaired) electrons. The van der Waals surface area contributed by atoms with Crippen molar-refractivity contribution in [2.45, 2.75) is 76.2 Å². The van der Waals surface area contributed by atoms with Crippen molar-refractivity contribution in [1.82, 2.24) is 4.90 Å². The lowest BCUT2D eigenvalue weighted by atomic mass is 9.89. The van der Waals surface area contributed by atoms with Gasteiger partial charge in [-0.25, -0.2) is 16.8 Å². The number of piperidine rings is 1. The molecule has 5 rings (SSSR count). The minimum Gasteiger partial charge on any atom is -0.492 e. The summed E-state index contributed by atoms with van der Waals surface area (Å²) in [4.78, 5) is 44.6. The van der Waals surface area contributed by atoms with Gasteiger partial charge in [0.05, 0.1) is 26.3 Å². The second-order valence-electron chi connectivity index (χ2n) is 12.6. The Morgan fingerprint density at radius 2 is 1.75 bits per heavy atom. The average Bonchev–Trinajstić information content (AvgIpc) is 3.47. The molecule has 2 atom stereocenters. The molecule has 0 N–H and O–H groups in total. The van der Waals surface area contributed by atoms with Gasteiger partial charge in [0, 0.05) is 34.5 Å². The van der Waals surface area contributed by atoms with Gasteiger partial charge in [0.1, 0.15) is 17.6 Å². The maximum absolute atomic E-state index is 14.3. The van der Waals surface area contributed by atoms with E-state index in [0.717, 1.165) is 31.0 Å². The van der Waals surface area contributed by atoms with E-state index in [1.807, 2.05) is 6.92 Å². The number of hydrogen-bond acceptors (Lipinski definition) is 10. The Labute approximate surface area is 287 Å². The van der Waals surface area contributed by atoms with Gasteiger partial charge in [0.2, 0.25) is 0 Å². The van der Waals surface area contributed by atoms with Gasteiger partial charge in [-0.3, -0.25) is 19.3 Å². The lowest BCUT2D eigenvalue weighted by Crippen LogP contribution is -2.36. The number of thiophene rings is 1. The van der Waals surface area contributed by atoms with Crippen molar-refractivity contribution in [3.63, 3.8) is 0 Å². The summed E-state index contributed by atoms with van der Waals surface area (Å²) >= 11 is 0.968. The Hall–Kier alpha value is -3.19. The number of unbranched alkanes of at least 4 members (excludes halogenated alkanes) is 1. The number of fused-ring (bicyclic) bond motifs is 1. The molecule has 1 aromatic carbocycles. The zero-order valence-corrected chi connectivity index (χ0v) is 30.1. The van der Waals surface area contributed by atoms with Gasteiger partial charge in [-0.05, 0) is 76.0 Å². The van der Waals surface area contributed by atoms with Crippen LogP contribution in [0.5, 0.6) is 5.75 Å². The van der Waals surface area contributed by atoms with Crippen molar-refractivity contribution in [2.24, 2.45) is 0 Å². The zero-order valence-electron chi connectivity index (χ0n) is 27.7. The number of ketones is 3. The van der Waals surface area contributed by atoms with Crippen LogP contribution in [0.4, 0.5) is 0 Å². The summed E-state index contributed by atoms with van der Waals surface area (Å²) in [6.45, 7) is 8.59. The van der Waals surface area contributed by atoms with E-state index in [2.05, 4.69) is 4.90 Å². The minimum atomic E-state index is -3.89. The molecule has 9 nitrogen and oxygen atoms in total. The van der Waals surface area contributed by atoms with E-state index in [1.54, 1.807) is 38.1 Å². The first kappa shape index (κ1) is 36.1. The number of allylic oxidation sites excluding steroid dienone is 4. The third-order valence-electron chi connectivity index (χ3n) is 9.28. The Kier molecular flexibility index (Phi) is 11.4. The van der Waals surface area contributed by atoms with E-state index in [1.165, 1.54) is 43.6 Å². The highest BCUT2D eigenvalue weighted by Crippen LogP contribution is 2.43. The highest BCUT2D eigenvalue weighted by atomic mass is 32.2. The fraction of sp³-hybridized carbons (Fsp3) is 0.472.